The third-order valence-corrected chi connectivity index (χ3v) is 5.21. The summed E-state index contributed by atoms with van der Waals surface area (Å²) >= 11 is 0. The number of carbonyl (C=O) groups excluding carboxylic acids is 1. The monoisotopic (exact) mass is 375 g/mol. The maximum absolute atomic E-state index is 12.5. The van der Waals surface area contributed by atoms with Crippen molar-refractivity contribution in [1.29, 1.82) is 0 Å². The van der Waals surface area contributed by atoms with E-state index in [4.69, 9.17) is 0 Å². The van der Waals surface area contributed by atoms with Crippen LogP contribution in [-0.4, -0.2) is 14.2 Å². The minimum atomic E-state index is -3.75. The van der Waals surface area contributed by atoms with Crippen LogP contribution in [0.2, 0.25) is 0 Å². The minimum Gasteiger partial charge on any atom is -0.295 e. The molecule has 134 valence electrons. The Kier molecular flexibility index (Phi) is 5.39. The number of hydrogen-bond donors (Lipinski definition) is 1. The topological polar surface area (TPSA) is 63.2 Å². The molecule has 0 bridgehead atoms. The molecule has 0 fully saturated rings. The molecule has 0 atom stereocenters. The van der Waals surface area contributed by atoms with Crippen molar-refractivity contribution in [3.8, 4) is 11.8 Å². The molecule has 0 unspecified atom stereocenters. The highest BCUT2D eigenvalue weighted by Gasteiger charge is 2.14. The highest BCUT2D eigenvalue weighted by Crippen LogP contribution is 2.18. The van der Waals surface area contributed by atoms with E-state index in [0.717, 1.165) is 5.56 Å². The molecular formula is C22H17NO3S. The second-order valence-electron chi connectivity index (χ2n) is 5.88. The summed E-state index contributed by atoms with van der Waals surface area (Å²) in [6.45, 7) is 1.43. The molecule has 0 aromatic heterocycles. The Morgan fingerprint density at radius 3 is 2.11 bits per heavy atom. The lowest BCUT2D eigenvalue weighted by molar-refractivity contribution is 0.101. The SMILES string of the molecule is CC(=O)c1ccc(S(=O)(=O)Nc2cccc(C#Cc3ccccc3)c2)cc1. The van der Waals surface area contributed by atoms with Crippen LogP contribution in [0.4, 0.5) is 5.69 Å². The van der Waals surface area contributed by atoms with Crippen LogP contribution in [0.15, 0.2) is 83.8 Å². The first-order valence-corrected chi connectivity index (χ1v) is 9.73. The fraction of sp³-hybridized carbons (Fsp3) is 0.0455. The van der Waals surface area contributed by atoms with E-state index in [1.165, 1.54) is 31.2 Å². The third-order valence-electron chi connectivity index (χ3n) is 3.81. The number of carbonyl (C=O) groups is 1. The molecule has 0 saturated heterocycles. The number of anilines is 1. The smallest absolute Gasteiger partial charge is 0.261 e. The Bertz CT molecular complexity index is 1120. The molecule has 0 aliphatic rings. The van der Waals surface area contributed by atoms with Gasteiger partial charge in [0, 0.05) is 16.7 Å². The van der Waals surface area contributed by atoms with E-state index in [0.29, 0.717) is 16.8 Å². The van der Waals surface area contributed by atoms with Crippen molar-refractivity contribution in [3.63, 3.8) is 0 Å². The summed E-state index contributed by atoms with van der Waals surface area (Å²) in [5, 5.41) is 0. The van der Waals surface area contributed by atoms with Crippen molar-refractivity contribution in [2.75, 3.05) is 4.72 Å². The van der Waals surface area contributed by atoms with E-state index in [9.17, 15) is 13.2 Å². The van der Waals surface area contributed by atoms with Gasteiger partial charge in [-0.2, -0.15) is 0 Å². The van der Waals surface area contributed by atoms with Gasteiger partial charge in [0.15, 0.2) is 5.78 Å². The van der Waals surface area contributed by atoms with Gasteiger partial charge in [0.1, 0.15) is 0 Å². The van der Waals surface area contributed by atoms with Crippen molar-refractivity contribution in [3.05, 3.63) is 95.6 Å². The largest absolute Gasteiger partial charge is 0.295 e. The van der Waals surface area contributed by atoms with Crippen LogP contribution < -0.4 is 4.72 Å². The second-order valence-corrected chi connectivity index (χ2v) is 7.57. The Labute approximate surface area is 158 Å². The van der Waals surface area contributed by atoms with Crippen LogP contribution in [0.1, 0.15) is 28.4 Å². The van der Waals surface area contributed by atoms with Gasteiger partial charge in [-0.3, -0.25) is 9.52 Å². The number of nitrogens with one attached hydrogen (secondary N) is 1. The molecule has 3 aromatic rings. The first kappa shape index (κ1) is 18.4. The molecule has 1 N–H and O–H groups in total. The van der Waals surface area contributed by atoms with Crippen LogP contribution in [0.25, 0.3) is 0 Å². The van der Waals surface area contributed by atoms with Gasteiger partial charge in [0.05, 0.1) is 10.6 Å². The zero-order valence-corrected chi connectivity index (χ0v) is 15.5. The molecule has 0 amide bonds. The van der Waals surface area contributed by atoms with Crippen molar-refractivity contribution in [1.82, 2.24) is 0 Å². The zero-order valence-electron chi connectivity index (χ0n) is 14.6. The number of hydrogen-bond acceptors (Lipinski definition) is 3. The van der Waals surface area contributed by atoms with Crippen LogP contribution >= 0.6 is 0 Å². The number of ketones is 1. The van der Waals surface area contributed by atoms with Gasteiger partial charge >= 0.3 is 0 Å². The number of sulfonamides is 1. The lowest BCUT2D eigenvalue weighted by atomic mass is 10.2. The Morgan fingerprint density at radius 1 is 0.815 bits per heavy atom. The quantitative estimate of drug-likeness (QED) is 0.552. The van der Waals surface area contributed by atoms with Crippen LogP contribution in [0.5, 0.6) is 0 Å². The molecular weight excluding hydrogens is 358 g/mol. The molecule has 27 heavy (non-hydrogen) atoms. The van der Waals surface area contributed by atoms with Crippen molar-refractivity contribution in [2.45, 2.75) is 11.8 Å². The van der Waals surface area contributed by atoms with Crippen LogP contribution in [-0.2, 0) is 10.0 Å². The molecule has 3 rings (SSSR count). The lowest BCUT2D eigenvalue weighted by Gasteiger charge is -2.08. The van der Waals surface area contributed by atoms with E-state index in [2.05, 4.69) is 16.6 Å². The van der Waals surface area contributed by atoms with Gasteiger partial charge in [0.2, 0.25) is 0 Å². The van der Waals surface area contributed by atoms with Crippen molar-refractivity contribution < 1.29 is 13.2 Å². The molecule has 0 aliphatic heterocycles. The molecule has 5 heteroatoms. The summed E-state index contributed by atoms with van der Waals surface area (Å²) in [6, 6.07) is 22.3. The van der Waals surface area contributed by atoms with Crippen molar-refractivity contribution in [2.24, 2.45) is 0 Å². The molecule has 3 aromatic carbocycles. The minimum absolute atomic E-state index is 0.0910. The summed E-state index contributed by atoms with van der Waals surface area (Å²) in [4.78, 5) is 11.4. The Balaban J connectivity index is 1.81. The van der Waals surface area contributed by atoms with E-state index >= 15 is 0 Å². The maximum Gasteiger partial charge on any atom is 0.261 e. The van der Waals surface area contributed by atoms with Gasteiger partial charge < -0.3 is 0 Å². The lowest BCUT2D eigenvalue weighted by Crippen LogP contribution is -2.13. The summed E-state index contributed by atoms with van der Waals surface area (Å²) in [7, 11) is -3.75. The normalized spacial score (nSPS) is 10.6. The summed E-state index contributed by atoms with van der Waals surface area (Å²) in [5.74, 6) is 5.95. The van der Waals surface area contributed by atoms with E-state index in [1.807, 2.05) is 36.4 Å². The van der Waals surface area contributed by atoms with E-state index < -0.39 is 10.0 Å². The Hall–Kier alpha value is -3.36. The highest BCUT2D eigenvalue weighted by molar-refractivity contribution is 7.92. The number of benzene rings is 3. The molecule has 0 saturated carbocycles. The van der Waals surface area contributed by atoms with Crippen LogP contribution in [0, 0.1) is 11.8 Å². The summed E-state index contributed by atoms with van der Waals surface area (Å²) in [6.07, 6.45) is 0. The average Bonchev–Trinajstić information content (AvgIpc) is 2.67. The summed E-state index contributed by atoms with van der Waals surface area (Å²) in [5.41, 5.74) is 2.47. The van der Waals surface area contributed by atoms with Gasteiger partial charge in [-0.15, -0.1) is 0 Å². The maximum atomic E-state index is 12.5. The predicted molar refractivity (Wildman–Crippen MR) is 106 cm³/mol. The second kappa shape index (κ2) is 7.90. The molecule has 0 heterocycles. The third kappa shape index (κ3) is 4.84. The fourth-order valence-electron chi connectivity index (χ4n) is 2.41. The first-order valence-electron chi connectivity index (χ1n) is 8.25. The number of rotatable bonds is 4. The fourth-order valence-corrected chi connectivity index (χ4v) is 3.46. The Morgan fingerprint density at radius 2 is 1.44 bits per heavy atom. The van der Waals surface area contributed by atoms with Gasteiger partial charge in [-0.1, -0.05) is 48.2 Å². The van der Waals surface area contributed by atoms with E-state index in [1.54, 1.807) is 18.2 Å². The highest BCUT2D eigenvalue weighted by atomic mass is 32.2. The molecule has 0 aliphatic carbocycles. The van der Waals surface area contributed by atoms with Gasteiger partial charge in [-0.05, 0) is 49.4 Å². The van der Waals surface area contributed by atoms with E-state index in [-0.39, 0.29) is 10.7 Å². The van der Waals surface area contributed by atoms with Gasteiger partial charge in [-0.25, -0.2) is 8.42 Å². The first-order chi connectivity index (χ1) is 12.9. The van der Waals surface area contributed by atoms with Crippen LogP contribution in [0.3, 0.4) is 0 Å². The number of Topliss-reactive ketones (excluding diaryl/α,β-unsaturated/α-hetero) is 1. The van der Waals surface area contributed by atoms with Crippen molar-refractivity contribution >= 4 is 21.5 Å². The van der Waals surface area contributed by atoms with Gasteiger partial charge in [0.25, 0.3) is 10.0 Å². The molecule has 0 spiro atoms. The summed E-state index contributed by atoms with van der Waals surface area (Å²) < 4.78 is 27.6. The zero-order chi connectivity index (χ0) is 19.3. The average molecular weight is 375 g/mol. The predicted octanol–water partition coefficient (Wildman–Crippen LogP) is 4.09. The molecule has 4 nitrogen and oxygen atoms in total. The molecule has 0 radical (unpaired) electrons. The standard InChI is InChI=1S/C22H17NO3S/c1-17(24)20-12-14-22(15-13-20)27(25,26)23-21-9-5-8-19(16-21)11-10-18-6-3-2-4-7-18/h2-9,12-16,23H,1H3.